The van der Waals surface area contributed by atoms with Crippen LogP contribution in [-0.2, 0) is 46.0 Å². The molecule has 0 bridgehead atoms. The quantitative estimate of drug-likeness (QED) is 0.106. The van der Waals surface area contributed by atoms with Gasteiger partial charge in [0.05, 0.1) is 16.4 Å². The number of hydrogen-bond acceptors (Lipinski definition) is 12. The van der Waals surface area contributed by atoms with E-state index in [1.54, 1.807) is 48.8 Å². The van der Waals surface area contributed by atoms with Gasteiger partial charge in [-0.2, -0.15) is 16.8 Å². The first-order chi connectivity index (χ1) is 26.2. The minimum atomic E-state index is -4.43. The summed E-state index contributed by atoms with van der Waals surface area (Å²) in [6.45, 7) is 7.84. The zero-order chi connectivity index (χ0) is 40.4. The van der Waals surface area contributed by atoms with Crippen molar-refractivity contribution in [2.45, 2.75) is 83.8 Å². The van der Waals surface area contributed by atoms with Crippen LogP contribution >= 0.6 is 0 Å². The van der Waals surface area contributed by atoms with E-state index in [9.17, 15) is 40.3 Å². The highest BCUT2D eigenvalue weighted by Gasteiger charge is 2.34. The van der Waals surface area contributed by atoms with Crippen molar-refractivity contribution in [3.63, 3.8) is 0 Å². The number of anilines is 1. The summed E-state index contributed by atoms with van der Waals surface area (Å²) in [5.41, 5.74) is 1.99. The fourth-order valence-corrected chi connectivity index (χ4v) is 8.82. The molecule has 5 heterocycles. The molecule has 1 fully saturated rings. The molecule has 18 heteroatoms. The number of nitrogens with one attached hydrogen (secondary N) is 1. The van der Waals surface area contributed by atoms with Crippen molar-refractivity contribution in [2.24, 2.45) is 4.99 Å². The van der Waals surface area contributed by atoms with Gasteiger partial charge in [-0.1, -0.05) is 18.6 Å². The SMILES string of the molecule is CC1(C)C=C(CS(=O)(=O)O)c2cc3c(cc2=N1)Oc1cc2c(cc1C=3c1nccn1CCCCCC(=O)ON1C(=O)CCC1=O)C(CS(=O)(=O)O)=CC(C)(C)N2. The van der Waals surface area contributed by atoms with Gasteiger partial charge < -0.3 is 19.5 Å². The number of unbranched alkanes of at least 4 members (excludes halogenated alkanes) is 2. The lowest BCUT2D eigenvalue weighted by Gasteiger charge is -2.34. The Hall–Kier alpha value is -5.17. The Balaban J connectivity index is 1.30. The van der Waals surface area contributed by atoms with Gasteiger partial charge in [-0.25, -0.2) is 9.78 Å². The van der Waals surface area contributed by atoms with Gasteiger partial charge >= 0.3 is 5.97 Å². The number of carbonyl (C=O) groups excluding carboxylic acids is 3. The van der Waals surface area contributed by atoms with Crippen molar-refractivity contribution in [3.05, 3.63) is 81.9 Å². The third-order valence-electron chi connectivity index (χ3n) is 9.69. The van der Waals surface area contributed by atoms with Gasteiger partial charge in [0.25, 0.3) is 32.1 Å². The smallest absolute Gasteiger partial charge is 0.333 e. The Morgan fingerprint density at radius 2 is 1.55 bits per heavy atom. The first-order valence-electron chi connectivity index (χ1n) is 18.0. The van der Waals surface area contributed by atoms with Crippen LogP contribution in [0.2, 0.25) is 0 Å². The first kappa shape index (κ1) is 39.1. The fraction of sp³-hybridized carbons (Fsp3) is 0.395. The Labute approximate surface area is 323 Å². The molecule has 4 aliphatic rings. The summed E-state index contributed by atoms with van der Waals surface area (Å²) in [6, 6.07) is 7.04. The van der Waals surface area contributed by atoms with Gasteiger partial charge in [0.2, 0.25) is 0 Å². The van der Waals surface area contributed by atoms with Gasteiger partial charge in [-0.3, -0.25) is 23.7 Å². The number of aromatic nitrogens is 2. The number of nitrogens with zero attached hydrogens (tertiary/aromatic N) is 4. The molecule has 1 aromatic heterocycles. The number of amides is 2. The zero-order valence-corrected chi connectivity index (χ0v) is 32.8. The van der Waals surface area contributed by atoms with Gasteiger partial charge in [-0.05, 0) is 63.8 Å². The number of ether oxygens (including phenoxy) is 1. The van der Waals surface area contributed by atoms with E-state index < -0.39 is 60.6 Å². The highest BCUT2D eigenvalue weighted by molar-refractivity contribution is 7.86. The number of rotatable bonds is 12. The molecule has 4 aliphatic heterocycles. The van der Waals surface area contributed by atoms with E-state index in [0.717, 1.165) is 0 Å². The molecule has 2 amide bonds. The number of hydroxylamine groups is 2. The number of hydrogen-bond donors (Lipinski definition) is 3. The minimum absolute atomic E-state index is 0.00501. The van der Waals surface area contributed by atoms with Gasteiger partial charge in [0, 0.05) is 83.5 Å². The number of imide groups is 1. The van der Waals surface area contributed by atoms with Crippen molar-refractivity contribution in [3.8, 4) is 11.5 Å². The standard InChI is InChI=1S/C38H41N5O11S2/c1-37(2)18-22(20-55(47,48)49)24-14-26-30(16-28(24)40-37)53-31-17-29-25(23(21-56(50,51)52)19-38(3,4)41-29)15-27(31)35(26)36-39-11-13-42(36)12-7-5-6-8-34(46)54-43-32(44)9-10-33(43)45/h11,13-19,40H,5-10,12,20-21H2,1-4H3,(H,47,48,49)(H,50,51,52). The van der Waals surface area contributed by atoms with Crippen molar-refractivity contribution in [1.29, 1.82) is 0 Å². The lowest BCUT2D eigenvalue weighted by Crippen LogP contribution is -2.33. The molecule has 2 aromatic carbocycles. The average Bonchev–Trinajstić information content (AvgIpc) is 3.65. The Bertz CT molecular complexity index is 2610. The number of carbonyl (C=O) groups is 3. The highest BCUT2D eigenvalue weighted by atomic mass is 32.2. The second kappa shape index (κ2) is 14.1. The van der Waals surface area contributed by atoms with Crippen LogP contribution in [-0.4, -0.2) is 80.9 Å². The van der Waals surface area contributed by atoms with Crippen LogP contribution < -0.4 is 20.6 Å². The molecule has 1 saturated heterocycles. The molecule has 16 nitrogen and oxygen atoms in total. The molecule has 0 aliphatic carbocycles. The molecule has 0 unspecified atom stereocenters. The molecular formula is C38H41N5O11S2. The first-order valence-corrected chi connectivity index (χ1v) is 21.2. The average molecular weight is 808 g/mol. The van der Waals surface area contributed by atoms with Crippen LogP contribution in [0.15, 0.2) is 53.8 Å². The summed E-state index contributed by atoms with van der Waals surface area (Å²) in [6.07, 6.45) is 8.52. The Morgan fingerprint density at radius 1 is 0.875 bits per heavy atom. The molecule has 0 radical (unpaired) electrons. The van der Waals surface area contributed by atoms with E-state index in [1.807, 2.05) is 32.3 Å². The predicted molar refractivity (Wildman–Crippen MR) is 204 cm³/mol. The van der Waals surface area contributed by atoms with Crippen LogP contribution in [0.25, 0.3) is 16.7 Å². The monoisotopic (exact) mass is 807 g/mol. The maximum absolute atomic E-state index is 12.3. The predicted octanol–water partition coefficient (Wildman–Crippen LogP) is 3.56. The minimum Gasteiger partial charge on any atom is -0.456 e. The largest absolute Gasteiger partial charge is 0.456 e. The molecule has 3 aromatic rings. The Kier molecular flexibility index (Phi) is 9.83. The van der Waals surface area contributed by atoms with Gasteiger partial charge in [0.1, 0.15) is 28.8 Å². The van der Waals surface area contributed by atoms with Crippen LogP contribution in [0.3, 0.4) is 0 Å². The molecule has 56 heavy (non-hydrogen) atoms. The number of aryl methyl sites for hydroxylation is 1. The van der Waals surface area contributed by atoms with Crippen LogP contribution in [0.5, 0.6) is 11.5 Å². The van der Waals surface area contributed by atoms with E-state index in [1.165, 1.54) is 0 Å². The lowest BCUT2D eigenvalue weighted by atomic mass is 9.87. The summed E-state index contributed by atoms with van der Waals surface area (Å²) in [4.78, 5) is 50.5. The lowest BCUT2D eigenvalue weighted by molar-refractivity contribution is -0.197. The van der Waals surface area contributed by atoms with E-state index in [4.69, 9.17) is 19.6 Å². The van der Waals surface area contributed by atoms with Crippen molar-refractivity contribution >= 4 is 60.4 Å². The molecule has 3 N–H and O–H groups in total. The summed E-state index contributed by atoms with van der Waals surface area (Å²) < 4.78 is 77.0. The van der Waals surface area contributed by atoms with Crippen molar-refractivity contribution in [1.82, 2.24) is 14.6 Å². The van der Waals surface area contributed by atoms with E-state index in [-0.39, 0.29) is 19.3 Å². The van der Waals surface area contributed by atoms with Crippen LogP contribution in [0, 0.1) is 0 Å². The highest BCUT2D eigenvalue weighted by Crippen LogP contribution is 2.44. The Morgan fingerprint density at radius 3 is 2.23 bits per heavy atom. The third kappa shape index (κ3) is 8.33. The van der Waals surface area contributed by atoms with Crippen LogP contribution in [0.1, 0.15) is 88.7 Å². The molecule has 7 rings (SSSR count). The topological polar surface area (TPSA) is 224 Å². The van der Waals surface area contributed by atoms with Gasteiger partial charge in [0.15, 0.2) is 0 Å². The van der Waals surface area contributed by atoms with Gasteiger partial charge in [-0.15, -0.1) is 5.06 Å². The van der Waals surface area contributed by atoms with E-state index >= 15 is 0 Å². The van der Waals surface area contributed by atoms with Crippen molar-refractivity contribution < 1.29 is 49.9 Å². The fourth-order valence-electron chi connectivity index (χ4n) is 7.56. The van der Waals surface area contributed by atoms with E-state index in [2.05, 4.69) is 5.32 Å². The second-order valence-corrected chi connectivity index (χ2v) is 18.3. The normalized spacial score (nSPS) is 18.0. The molecular weight excluding hydrogens is 767 g/mol. The third-order valence-corrected chi connectivity index (χ3v) is 11.0. The molecule has 0 atom stereocenters. The molecule has 296 valence electrons. The molecule has 0 spiro atoms. The maximum atomic E-state index is 12.3. The summed E-state index contributed by atoms with van der Waals surface area (Å²) in [5, 5.41) is 4.95. The number of fused-ring (bicyclic) bond motifs is 4. The zero-order valence-electron chi connectivity index (χ0n) is 31.2. The van der Waals surface area contributed by atoms with Crippen molar-refractivity contribution in [2.75, 3.05) is 16.8 Å². The second-order valence-electron chi connectivity index (χ2n) is 15.4. The summed E-state index contributed by atoms with van der Waals surface area (Å²) in [7, 11) is -8.85. The maximum Gasteiger partial charge on any atom is 0.333 e. The number of benzene rings is 2. The molecule has 0 saturated carbocycles. The summed E-state index contributed by atoms with van der Waals surface area (Å²) in [5.74, 6) is -1.68. The number of imidazole rings is 1. The summed E-state index contributed by atoms with van der Waals surface area (Å²) >= 11 is 0. The van der Waals surface area contributed by atoms with Crippen LogP contribution in [0.4, 0.5) is 5.69 Å². The van der Waals surface area contributed by atoms with E-state index in [0.29, 0.717) is 97.9 Å².